The van der Waals surface area contributed by atoms with E-state index < -0.39 is 47.3 Å². The van der Waals surface area contributed by atoms with Crippen LogP contribution in [0.4, 0.5) is 0 Å². The van der Waals surface area contributed by atoms with Crippen molar-refractivity contribution in [3.63, 3.8) is 0 Å². The van der Waals surface area contributed by atoms with Gasteiger partial charge in [-0.1, -0.05) is 207 Å². The van der Waals surface area contributed by atoms with E-state index in [0.717, 1.165) is 129 Å². The van der Waals surface area contributed by atoms with Crippen LogP contribution in [0.2, 0.25) is 0 Å². The van der Waals surface area contributed by atoms with Crippen LogP contribution in [0.15, 0.2) is 292 Å². The van der Waals surface area contributed by atoms with Gasteiger partial charge in [-0.25, -0.2) is 19.2 Å². The molecule has 0 spiro atoms. The van der Waals surface area contributed by atoms with Gasteiger partial charge in [-0.05, 0) is 212 Å². The number of benzene rings is 12. The van der Waals surface area contributed by atoms with Crippen LogP contribution in [0, 0.1) is 0 Å². The van der Waals surface area contributed by atoms with Crippen LogP contribution in [0.3, 0.4) is 0 Å². The Morgan fingerprint density at radius 1 is 0.320 bits per heavy atom. The number of esters is 4. The van der Waals surface area contributed by atoms with E-state index in [1.165, 1.54) is 0 Å². The molecule has 0 aromatic heterocycles. The number of ether oxygens (including phenoxy) is 6. The molecule has 12 aromatic rings. The van der Waals surface area contributed by atoms with Crippen molar-refractivity contribution in [1.82, 2.24) is 0 Å². The van der Waals surface area contributed by atoms with Crippen molar-refractivity contribution in [2.75, 3.05) is 26.4 Å². The zero-order chi connectivity index (χ0) is 69.3. The maximum Gasteiger partial charge on any atom is 0.338 e. The second-order valence-electron chi connectivity index (χ2n) is 24.9. The summed E-state index contributed by atoms with van der Waals surface area (Å²) in [6.45, 7) is 8.63. The second kappa shape index (κ2) is 32.3. The van der Waals surface area contributed by atoms with Crippen molar-refractivity contribution in [1.29, 1.82) is 0 Å². The van der Waals surface area contributed by atoms with Crippen LogP contribution < -0.4 is 9.47 Å². The lowest BCUT2D eigenvalue weighted by Crippen LogP contribution is -2.59. The van der Waals surface area contributed by atoms with Crippen molar-refractivity contribution in [2.45, 2.75) is 74.8 Å². The van der Waals surface area contributed by atoms with Gasteiger partial charge >= 0.3 is 23.9 Å². The SMILES string of the molecule is C=CC(=O)OCCCCCCOc1ccc(-c2ccc(C(=O)O[C@@H]([C@H](OC(=O)c3ccc(-c4ccc(OCCCCCCOC(=O)C=C)cc4)cc3)C(O)(c3ccc4ccccc4c3)c3ccc4ccccc4c3)C(O)(c3ccc4ccccc4c3)c3ccc4ccccc4c3)cc2)cc1. The number of rotatable bonds is 31. The molecule has 0 saturated heterocycles. The summed E-state index contributed by atoms with van der Waals surface area (Å²) < 4.78 is 36.5. The molecule has 0 amide bonds. The fourth-order valence-electron chi connectivity index (χ4n) is 12.8. The molecule has 502 valence electrons. The number of carbonyl (C=O) groups excluding carboxylic acids is 4. The monoisotopic (exact) mass is 1330 g/mol. The van der Waals surface area contributed by atoms with Gasteiger partial charge in [0, 0.05) is 12.2 Å². The molecular weight excluding hydrogens is 1250 g/mol. The van der Waals surface area contributed by atoms with E-state index in [2.05, 4.69) is 13.2 Å². The highest BCUT2D eigenvalue weighted by molar-refractivity contribution is 5.93. The summed E-state index contributed by atoms with van der Waals surface area (Å²) in [6.07, 6.45) is 5.20. The molecule has 0 saturated carbocycles. The summed E-state index contributed by atoms with van der Waals surface area (Å²) in [6, 6.07) is 82.4. The zero-order valence-electron chi connectivity index (χ0n) is 55.6. The summed E-state index contributed by atoms with van der Waals surface area (Å²) in [5, 5.41) is 36.4. The topological polar surface area (TPSA) is 164 Å². The standard InChI is InChI=1S/C88H78O12/c1-3-81(89)97-55-19-7-5-17-53-95-79-49-41-67(42-50-79)65-29-33-69(34-30-65)85(91)99-83(87(93,75-45-37-61-21-9-13-25-71(61)57-75)76-46-38-62-22-10-14-26-72(62)58-76)84(88(94,77-47-39-63-23-11-15-27-73(63)59-77)78-48-40-64-24-12-16-28-74(64)60-78)100-86(92)70-35-31-66(32-36-70)68-43-51-80(52-44-68)96-54-18-6-8-20-56-98-82(90)4-2/h3-4,9-16,21-52,57-60,83-84,93-94H,1-2,5-8,17-20,53-56H2/t83-,84-/m0/s1. The molecule has 0 fully saturated rings. The van der Waals surface area contributed by atoms with E-state index in [1.807, 2.05) is 218 Å². The molecule has 12 heteroatoms. The molecule has 0 aliphatic heterocycles. The number of hydrogen-bond acceptors (Lipinski definition) is 12. The summed E-state index contributed by atoms with van der Waals surface area (Å²) in [5.74, 6) is -1.18. The van der Waals surface area contributed by atoms with Crippen molar-refractivity contribution < 1.29 is 57.8 Å². The Labute approximate surface area is 582 Å². The second-order valence-corrected chi connectivity index (χ2v) is 24.9. The van der Waals surface area contributed by atoms with Crippen LogP contribution in [0.25, 0.3) is 65.3 Å². The third kappa shape index (κ3) is 16.1. The van der Waals surface area contributed by atoms with Crippen molar-refractivity contribution >= 4 is 67.0 Å². The lowest BCUT2D eigenvalue weighted by Gasteiger charge is -2.46. The van der Waals surface area contributed by atoms with E-state index in [-0.39, 0.29) is 33.4 Å². The normalized spacial score (nSPS) is 12.1. The number of fused-ring (bicyclic) bond motifs is 4. The minimum absolute atomic E-state index is 0.115. The molecule has 0 radical (unpaired) electrons. The summed E-state index contributed by atoms with van der Waals surface area (Å²) in [5.41, 5.74) is -0.184. The molecule has 2 N–H and O–H groups in total. The number of carbonyl (C=O) groups is 4. The van der Waals surface area contributed by atoms with Gasteiger partial charge in [-0.3, -0.25) is 0 Å². The van der Waals surface area contributed by atoms with Crippen LogP contribution >= 0.6 is 0 Å². The molecular formula is C88H78O12. The van der Waals surface area contributed by atoms with Gasteiger partial charge in [0.05, 0.1) is 37.6 Å². The summed E-state index contributed by atoms with van der Waals surface area (Å²) in [4.78, 5) is 54.4. The fraction of sp³-hybridized carbons (Fsp3) is 0.182. The largest absolute Gasteiger partial charge is 0.494 e. The first-order chi connectivity index (χ1) is 48.9. The van der Waals surface area contributed by atoms with Gasteiger partial charge < -0.3 is 38.6 Å². The average Bonchev–Trinajstić information content (AvgIpc) is 0.721. The van der Waals surface area contributed by atoms with Crippen molar-refractivity contribution in [2.24, 2.45) is 0 Å². The minimum Gasteiger partial charge on any atom is -0.494 e. The molecule has 2 atom stereocenters. The molecule has 100 heavy (non-hydrogen) atoms. The van der Waals surface area contributed by atoms with E-state index >= 15 is 9.59 Å². The quantitative estimate of drug-likeness (QED) is 0.0183. The van der Waals surface area contributed by atoms with Crippen LogP contribution in [0.5, 0.6) is 11.5 Å². The molecule has 12 nitrogen and oxygen atoms in total. The fourth-order valence-corrected chi connectivity index (χ4v) is 12.8. The Kier molecular flexibility index (Phi) is 22.1. The maximum atomic E-state index is 15.8. The summed E-state index contributed by atoms with van der Waals surface area (Å²) in [7, 11) is 0. The molecule has 0 aliphatic rings. The summed E-state index contributed by atoms with van der Waals surface area (Å²) >= 11 is 0. The molecule has 12 rings (SSSR count). The maximum absolute atomic E-state index is 15.8. The Morgan fingerprint density at radius 3 is 0.860 bits per heavy atom. The third-order valence-electron chi connectivity index (χ3n) is 18.4. The van der Waals surface area contributed by atoms with E-state index in [4.69, 9.17) is 28.4 Å². The first-order valence-corrected chi connectivity index (χ1v) is 34.0. The first-order valence-electron chi connectivity index (χ1n) is 34.0. The Hall–Kier alpha value is -11.4. The molecule has 0 unspecified atom stereocenters. The third-order valence-corrected chi connectivity index (χ3v) is 18.4. The highest BCUT2D eigenvalue weighted by Gasteiger charge is 2.58. The number of hydrogen-bond donors (Lipinski definition) is 2. The van der Waals surface area contributed by atoms with Gasteiger partial charge in [0.15, 0.2) is 23.4 Å². The van der Waals surface area contributed by atoms with E-state index in [1.54, 1.807) is 48.5 Å². The zero-order valence-corrected chi connectivity index (χ0v) is 55.6. The molecule has 0 heterocycles. The number of aliphatic hydroxyl groups is 2. The Balaban J connectivity index is 0.937. The lowest BCUT2D eigenvalue weighted by molar-refractivity contribution is -0.171. The first kappa shape index (κ1) is 68.5. The van der Waals surface area contributed by atoms with E-state index in [0.29, 0.717) is 37.9 Å². The predicted molar refractivity (Wildman–Crippen MR) is 394 cm³/mol. The van der Waals surface area contributed by atoms with Crippen LogP contribution in [-0.2, 0) is 39.7 Å². The van der Waals surface area contributed by atoms with Gasteiger partial charge in [0.25, 0.3) is 0 Å². The minimum atomic E-state index is -2.44. The van der Waals surface area contributed by atoms with Gasteiger partial charge in [0.2, 0.25) is 0 Å². The Bertz CT molecular complexity index is 4380. The van der Waals surface area contributed by atoms with E-state index in [9.17, 15) is 19.8 Å². The van der Waals surface area contributed by atoms with Gasteiger partial charge in [0.1, 0.15) is 11.5 Å². The van der Waals surface area contributed by atoms with Crippen LogP contribution in [-0.4, -0.2) is 72.7 Å². The van der Waals surface area contributed by atoms with Crippen molar-refractivity contribution in [3.05, 3.63) is 326 Å². The molecule has 0 bridgehead atoms. The highest BCUT2D eigenvalue weighted by atomic mass is 16.6. The van der Waals surface area contributed by atoms with Crippen LogP contribution in [0.1, 0.15) is 94.3 Å². The average molecular weight is 1330 g/mol. The van der Waals surface area contributed by atoms with Gasteiger partial charge in [-0.15, -0.1) is 0 Å². The predicted octanol–water partition coefficient (Wildman–Crippen LogP) is 18.6. The lowest BCUT2D eigenvalue weighted by atomic mass is 9.71. The number of unbranched alkanes of at least 4 members (excludes halogenated alkanes) is 6. The molecule has 0 aliphatic carbocycles. The smallest absolute Gasteiger partial charge is 0.338 e. The Morgan fingerprint density at radius 2 is 0.580 bits per heavy atom. The molecule has 12 aromatic carbocycles. The highest BCUT2D eigenvalue weighted by Crippen LogP contribution is 2.48. The van der Waals surface area contributed by atoms with Gasteiger partial charge in [-0.2, -0.15) is 0 Å². The van der Waals surface area contributed by atoms with Crippen molar-refractivity contribution in [3.8, 4) is 33.8 Å².